The lowest BCUT2D eigenvalue weighted by Crippen LogP contribution is -2.53. The minimum atomic E-state index is -1.08. The zero-order valence-electron chi connectivity index (χ0n) is 13.5. The summed E-state index contributed by atoms with van der Waals surface area (Å²) in [5.41, 5.74) is 8.15. The van der Waals surface area contributed by atoms with Gasteiger partial charge in [0.15, 0.2) is 0 Å². The van der Waals surface area contributed by atoms with Crippen LogP contribution in [0.15, 0.2) is 60.8 Å². The van der Waals surface area contributed by atoms with E-state index in [1.54, 1.807) is 0 Å². The molecule has 3 aromatic rings. The predicted octanol–water partition coefficient (Wildman–Crippen LogP) is 1.31. The molecule has 0 fully saturated rings. The molecule has 0 aliphatic rings. The lowest BCUT2D eigenvalue weighted by molar-refractivity contribution is -0.370. The number of nitrogens with zero attached hydrogens (tertiary/aromatic N) is 1. The molecule has 1 heterocycles. The predicted molar refractivity (Wildman–Crippen MR) is 89.6 cm³/mol. The second-order valence-corrected chi connectivity index (χ2v) is 5.46. The second kappa shape index (κ2) is 7.61. The number of hydrogen-bond donors (Lipinski definition) is 1. The van der Waals surface area contributed by atoms with Gasteiger partial charge in [0.25, 0.3) is 0 Å². The summed E-state index contributed by atoms with van der Waals surface area (Å²) in [6, 6.07) is 19.2. The fraction of sp³-hybridized carbons (Fsp3) is 0.211. The zero-order valence-corrected chi connectivity index (χ0v) is 13.5. The van der Waals surface area contributed by atoms with Crippen molar-refractivity contribution in [1.29, 1.82) is 0 Å². The third kappa shape index (κ3) is 3.99. The number of aliphatic carboxylic acids is 1. The fourth-order valence-electron chi connectivity index (χ4n) is 2.84. The number of aromatic nitrogens is 1. The van der Waals surface area contributed by atoms with E-state index in [1.807, 2.05) is 0 Å². The Labute approximate surface area is 136 Å². The number of carboxylic acid groups (broad SMARTS) is 1. The molecule has 0 radical (unpaired) electrons. The average Bonchev–Trinajstić information content (AvgIpc) is 2.86. The van der Waals surface area contributed by atoms with Crippen molar-refractivity contribution in [3.63, 3.8) is 0 Å². The maximum Gasteiger partial charge on any atom is 0.0851 e. The summed E-state index contributed by atoms with van der Waals surface area (Å²) in [4.78, 5) is 8.89. The molecule has 0 bridgehead atoms. The maximum atomic E-state index is 8.89. The third-order valence-electron chi connectivity index (χ3n) is 3.79. The van der Waals surface area contributed by atoms with Gasteiger partial charge in [0.05, 0.1) is 12.5 Å². The van der Waals surface area contributed by atoms with E-state index in [-0.39, 0.29) is 0 Å². The molecular weight excluding hydrogens is 288 g/mol. The first kappa shape index (κ1) is 16.8. The van der Waals surface area contributed by atoms with E-state index in [0.717, 1.165) is 13.5 Å². The summed E-state index contributed by atoms with van der Waals surface area (Å²) in [6.07, 6.45) is 2.24. The number of para-hydroxylation sites is 1. The van der Waals surface area contributed by atoms with Gasteiger partial charge < -0.3 is 20.2 Å². The summed E-state index contributed by atoms with van der Waals surface area (Å²) >= 11 is 0. The van der Waals surface area contributed by atoms with Crippen LogP contribution in [0, 0.1) is 0 Å². The van der Waals surface area contributed by atoms with Crippen LogP contribution < -0.4 is 10.8 Å². The Morgan fingerprint density at radius 3 is 2.30 bits per heavy atom. The highest BCUT2D eigenvalue weighted by atomic mass is 16.4. The maximum absolute atomic E-state index is 8.89. The van der Waals surface area contributed by atoms with E-state index in [9.17, 15) is 0 Å². The highest BCUT2D eigenvalue weighted by Crippen LogP contribution is 2.30. The van der Waals surface area contributed by atoms with Crippen molar-refractivity contribution >= 4 is 16.9 Å². The molecule has 0 aliphatic carbocycles. The molecule has 0 aliphatic heterocycles. The second-order valence-electron chi connectivity index (χ2n) is 5.46. The number of carbonyl (C=O) groups excluding carboxylic acids is 1. The van der Waals surface area contributed by atoms with Crippen molar-refractivity contribution in [3.05, 3.63) is 71.9 Å². The summed E-state index contributed by atoms with van der Waals surface area (Å²) in [7, 11) is 2.11. The molecule has 0 spiro atoms. The zero-order chi connectivity index (χ0) is 16.8. The van der Waals surface area contributed by atoms with Crippen LogP contribution >= 0.6 is 0 Å². The summed E-state index contributed by atoms with van der Waals surface area (Å²) in [6.45, 7) is 1.85. The van der Waals surface area contributed by atoms with Gasteiger partial charge in [-0.25, -0.2) is 0 Å². The molecule has 1 aromatic heterocycles. The normalized spacial score (nSPS) is 11.6. The molecule has 0 saturated carbocycles. The number of benzene rings is 2. The van der Waals surface area contributed by atoms with Gasteiger partial charge in [0, 0.05) is 30.1 Å². The van der Waals surface area contributed by atoms with Crippen LogP contribution in [0.5, 0.6) is 0 Å². The van der Waals surface area contributed by atoms with Gasteiger partial charge in [-0.2, -0.15) is 0 Å². The average molecular weight is 310 g/mol. The topological polar surface area (TPSA) is 72.7 Å². The molecule has 3 N–H and O–H groups in total. The molecule has 4 nitrogen and oxygen atoms in total. The Morgan fingerprint density at radius 2 is 1.70 bits per heavy atom. The molecule has 23 heavy (non-hydrogen) atoms. The number of carbonyl (C=O) groups is 1. The Hall–Kier alpha value is -2.59. The quantitative estimate of drug-likeness (QED) is 0.792. The summed E-state index contributed by atoms with van der Waals surface area (Å²) in [5, 5.41) is 10.2. The highest BCUT2D eigenvalue weighted by molar-refractivity contribution is 5.85. The Morgan fingerprint density at radius 1 is 1.13 bits per heavy atom. The van der Waals surface area contributed by atoms with Crippen molar-refractivity contribution < 1.29 is 15.6 Å². The summed E-state index contributed by atoms with van der Waals surface area (Å²) in [5.74, 6) is -0.715. The Bertz CT molecular complexity index is 774. The van der Waals surface area contributed by atoms with Gasteiger partial charge in [0.2, 0.25) is 0 Å². The molecule has 0 saturated heterocycles. The van der Waals surface area contributed by atoms with Crippen molar-refractivity contribution in [2.75, 3.05) is 6.54 Å². The van der Waals surface area contributed by atoms with Gasteiger partial charge in [-0.3, -0.25) is 0 Å². The smallest absolute Gasteiger partial charge is 0.0851 e. The highest BCUT2D eigenvalue weighted by Gasteiger charge is 2.18. The third-order valence-corrected chi connectivity index (χ3v) is 3.79. The molecule has 1 atom stereocenters. The lowest BCUT2D eigenvalue weighted by Gasteiger charge is -2.12. The van der Waals surface area contributed by atoms with E-state index in [2.05, 4.69) is 78.1 Å². The fourth-order valence-corrected chi connectivity index (χ4v) is 2.84. The van der Waals surface area contributed by atoms with Gasteiger partial charge in [-0.05, 0) is 24.1 Å². The van der Waals surface area contributed by atoms with E-state index in [0.29, 0.717) is 5.92 Å². The number of hydrogen-bond acceptors (Lipinski definition) is 2. The number of carboxylic acids is 1. The van der Waals surface area contributed by atoms with Crippen LogP contribution in [-0.2, 0) is 11.8 Å². The number of aryl methyl sites for hydroxylation is 1. The molecule has 1 unspecified atom stereocenters. The van der Waals surface area contributed by atoms with Crippen LogP contribution in [-0.4, -0.2) is 17.1 Å². The molecule has 3 rings (SSSR count). The van der Waals surface area contributed by atoms with Gasteiger partial charge in [-0.15, -0.1) is 0 Å². The van der Waals surface area contributed by atoms with Crippen molar-refractivity contribution in [2.24, 2.45) is 7.05 Å². The van der Waals surface area contributed by atoms with E-state index >= 15 is 0 Å². The van der Waals surface area contributed by atoms with Crippen molar-refractivity contribution in [1.82, 2.24) is 4.57 Å². The van der Waals surface area contributed by atoms with Crippen LogP contribution in [0.4, 0.5) is 0 Å². The Balaban J connectivity index is 0.000000433. The van der Waals surface area contributed by atoms with E-state index in [1.165, 1.54) is 22.0 Å². The minimum absolute atomic E-state index is 0.368. The molecule has 120 valence electrons. The van der Waals surface area contributed by atoms with Crippen LogP contribution in [0.3, 0.4) is 0 Å². The first-order valence-electron chi connectivity index (χ1n) is 7.60. The van der Waals surface area contributed by atoms with Crippen LogP contribution in [0.25, 0.3) is 10.9 Å². The van der Waals surface area contributed by atoms with E-state index < -0.39 is 5.97 Å². The molecule has 0 amide bonds. The van der Waals surface area contributed by atoms with Crippen LogP contribution in [0.1, 0.15) is 24.0 Å². The first-order chi connectivity index (χ1) is 11.0. The largest absolute Gasteiger partial charge is 0.550 e. The summed E-state index contributed by atoms with van der Waals surface area (Å²) < 4.78 is 2.20. The number of quaternary nitrogens is 1. The first-order valence-corrected chi connectivity index (χ1v) is 7.60. The van der Waals surface area contributed by atoms with Gasteiger partial charge >= 0.3 is 0 Å². The SMILES string of the molecule is CC(=O)[O-].Cn1cc(C(C[NH3+])c2ccccc2)c2ccccc21. The Kier molecular flexibility index (Phi) is 5.55. The number of fused-ring (bicyclic) bond motifs is 1. The van der Waals surface area contributed by atoms with Crippen molar-refractivity contribution in [2.45, 2.75) is 12.8 Å². The standard InChI is InChI=1S/C17H18N2.C2H4O2/c1-19-12-16(14-9-5-6-10-17(14)19)15(11-18)13-7-3-2-4-8-13;1-2(3)4/h2-10,12,15H,11,18H2,1H3;1H3,(H,3,4). The monoisotopic (exact) mass is 310 g/mol. The van der Waals surface area contributed by atoms with E-state index in [4.69, 9.17) is 9.90 Å². The lowest BCUT2D eigenvalue weighted by atomic mass is 9.91. The van der Waals surface area contributed by atoms with Crippen LogP contribution in [0.2, 0.25) is 0 Å². The van der Waals surface area contributed by atoms with Crippen molar-refractivity contribution in [3.8, 4) is 0 Å². The number of rotatable bonds is 3. The molecular formula is C19H22N2O2. The molecule has 4 heteroatoms. The minimum Gasteiger partial charge on any atom is -0.550 e. The molecule has 2 aromatic carbocycles. The van der Waals surface area contributed by atoms with Gasteiger partial charge in [0.1, 0.15) is 0 Å². The van der Waals surface area contributed by atoms with Gasteiger partial charge in [-0.1, -0.05) is 48.5 Å².